The number of aryl methyl sites for hydroxylation is 1. The highest BCUT2D eigenvalue weighted by molar-refractivity contribution is 5.90. The predicted octanol–water partition coefficient (Wildman–Crippen LogP) is 1.79. The standard InChI is InChI=1S/C16H20N4O3/c1-11-17-15(19-23-11)16(21)18-12-6-5-9-20(10-12)13-7-3-4-8-14(13)22-2/h3-4,7-8,12H,5-6,9-10H2,1-2H3,(H,18,21). The molecule has 1 fully saturated rings. The number of anilines is 1. The molecule has 0 spiro atoms. The van der Waals surface area contributed by atoms with Crippen LogP contribution in [0.1, 0.15) is 29.4 Å². The minimum Gasteiger partial charge on any atom is -0.495 e. The smallest absolute Gasteiger partial charge is 0.292 e. The Bertz CT molecular complexity index is 685. The minimum absolute atomic E-state index is 0.0416. The van der Waals surface area contributed by atoms with Crippen LogP contribution in [0.25, 0.3) is 0 Å². The van der Waals surface area contributed by atoms with Gasteiger partial charge in [-0.15, -0.1) is 0 Å². The molecule has 7 heteroatoms. The lowest BCUT2D eigenvalue weighted by molar-refractivity contribution is 0.0919. The van der Waals surface area contributed by atoms with Crippen LogP contribution in [0.15, 0.2) is 28.8 Å². The van der Waals surface area contributed by atoms with E-state index in [-0.39, 0.29) is 17.8 Å². The van der Waals surface area contributed by atoms with Gasteiger partial charge in [0.1, 0.15) is 5.75 Å². The molecule has 3 rings (SSSR count). The summed E-state index contributed by atoms with van der Waals surface area (Å²) in [6, 6.07) is 7.96. The third-order valence-electron chi connectivity index (χ3n) is 3.91. The molecule has 1 amide bonds. The largest absolute Gasteiger partial charge is 0.495 e. The fraction of sp³-hybridized carbons (Fsp3) is 0.438. The maximum absolute atomic E-state index is 12.2. The molecular weight excluding hydrogens is 296 g/mol. The minimum atomic E-state index is -0.297. The van der Waals surface area contributed by atoms with Crippen LogP contribution in [-0.4, -0.2) is 42.3 Å². The summed E-state index contributed by atoms with van der Waals surface area (Å²) in [5.41, 5.74) is 1.05. The molecule has 0 saturated carbocycles. The Hall–Kier alpha value is -2.57. The number of ether oxygens (including phenoxy) is 1. The average Bonchev–Trinajstić information content (AvgIpc) is 3.02. The quantitative estimate of drug-likeness (QED) is 0.926. The lowest BCUT2D eigenvalue weighted by Gasteiger charge is -2.35. The number of nitrogens with one attached hydrogen (secondary N) is 1. The molecule has 0 bridgehead atoms. The topological polar surface area (TPSA) is 80.5 Å². The Morgan fingerprint density at radius 3 is 3.00 bits per heavy atom. The number of aromatic nitrogens is 2. The first-order chi connectivity index (χ1) is 11.2. The fourth-order valence-electron chi connectivity index (χ4n) is 2.85. The molecule has 7 nitrogen and oxygen atoms in total. The summed E-state index contributed by atoms with van der Waals surface area (Å²) in [7, 11) is 1.67. The second-order valence-corrected chi connectivity index (χ2v) is 5.57. The Balaban J connectivity index is 1.67. The maximum atomic E-state index is 12.2. The van der Waals surface area contributed by atoms with Gasteiger partial charge in [-0.25, -0.2) is 0 Å². The Kier molecular flexibility index (Phi) is 4.45. The van der Waals surface area contributed by atoms with Gasteiger partial charge in [0, 0.05) is 26.1 Å². The SMILES string of the molecule is COc1ccccc1N1CCCC(NC(=O)c2noc(C)n2)C1. The number of rotatable bonds is 4. The summed E-state index contributed by atoms with van der Waals surface area (Å²) < 4.78 is 10.3. The zero-order valence-corrected chi connectivity index (χ0v) is 13.3. The van der Waals surface area contributed by atoms with E-state index >= 15 is 0 Å². The molecule has 122 valence electrons. The van der Waals surface area contributed by atoms with Crippen LogP contribution in [0.5, 0.6) is 5.75 Å². The Morgan fingerprint density at radius 2 is 2.26 bits per heavy atom. The van der Waals surface area contributed by atoms with Crippen molar-refractivity contribution in [2.45, 2.75) is 25.8 Å². The molecule has 2 aromatic rings. The zero-order chi connectivity index (χ0) is 16.2. The van der Waals surface area contributed by atoms with Crippen molar-refractivity contribution >= 4 is 11.6 Å². The van der Waals surface area contributed by atoms with Gasteiger partial charge in [0.2, 0.25) is 5.89 Å². The Labute approximate surface area is 134 Å². The molecule has 1 N–H and O–H groups in total. The summed E-state index contributed by atoms with van der Waals surface area (Å²) in [5.74, 6) is 1.01. The van der Waals surface area contributed by atoms with E-state index in [1.807, 2.05) is 24.3 Å². The number of carbonyl (C=O) groups is 1. The monoisotopic (exact) mass is 316 g/mol. The van der Waals surface area contributed by atoms with Crippen molar-refractivity contribution in [1.82, 2.24) is 15.5 Å². The molecule has 1 aromatic heterocycles. The van der Waals surface area contributed by atoms with Crippen LogP contribution in [0.3, 0.4) is 0 Å². The van der Waals surface area contributed by atoms with Gasteiger partial charge < -0.3 is 19.5 Å². The number of nitrogens with zero attached hydrogens (tertiary/aromatic N) is 3. The molecule has 2 heterocycles. The van der Waals surface area contributed by atoms with Crippen LogP contribution in [0, 0.1) is 6.92 Å². The Morgan fingerprint density at radius 1 is 1.43 bits per heavy atom. The van der Waals surface area contributed by atoms with E-state index in [9.17, 15) is 4.79 Å². The van der Waals surface area contributed by atoms with Gasteiger partial charge in [-0.3, -0.25) is 4.79 Å². The molecule has 1 aliphatic rings. The lowest BCUT2D eigenvalue weighted by atomic mass is 10.0. The molecule has 23 heavy (non-hydrogen) atoms. The van der Waals surface area contributed by atoms with E-state index in [1.54, 1.807) is 14.0 Å². The van der Waals surface area contributed by atoms with Crippen LogP contribution in [0.4, 0.5) is 5.69 Å². The van der Waals surface area contributed by atoms with Crippen LogP contribution < -0.4 is 15.0 Å². The first-order valence-electron chi connectivity index (χ1n) is 7.66. The number of hydrogen-bond acceptors (Lipinski definition) is 6. The van der Waals surface area contributed by atoms with Gasteiger partial charge in [-0.05, 0) is 25.0 Å². The first-order valence-corrected chi connectivity index (χ1v) is 7.66. The molecular formula is C16H20N4O3. The number of piperidine rings is 1. The number of methoxy groups -OCH3 is 1. The van der Waals surface area contributed by atoms with Crippen molar-refractivity contribution < 1.29 is 14.1 Å². The highest BCUT2D eigenvalue weighted by atomic mass is 16.5. The van der Waals surface area contributed by atoms with E-state index in [0.717, 1.165) is 37.4 Å². The molecule has 0 aliphatic carbocycles. The van der Waals surface area contributed by atoms with Crippen LogP contribution in [0.2, 0.25) is 0 Å². The second kappa shape index (κ2) is 6.68. The van der Waals surface area contributed by atoms with Gasteiger partial charge in [0.25, 0.3) is 11.7 Å². The van der Waals surface area contributed by atoms with E-state index in [2.05, 4.69) is 20.4 Å². The normalized spacial score (nSPS) is 17.8. The van der Waals surface area contributed by atoms with E-state index < -0.39 is 0 Å². The summed E-state index contributed by atoms with van der Waals surface area (Å²) in [6.45, 7) is 3.32. The first kappa shape index (κ1) is 15.3. The third-order valence-corrected chi connectivity index (χ3v) is 3.91. The summed E-state index contributed by atoms with van der Waals surface area (Å²) in [6.07, 6.45) is 1.92. The van der Waals surface area contributed by atoms with Crippen molar-refractivity contribution in [2.75, 3.05) is 25.1 Å². The fourth-order valence-corrected chi connectivity index (χ4v) is 2.85. The molecule has 1 unspecified atom stereocenters. The van der Waals surface area contributed by atoms with E-state index in [0.29, 0.717) is 5.89 Å². The highest BCUT2D eigenvalue weighted by Gasteiger charge is 2.25. The van der Waals surface area contributed by atoms with Crippen LogP contribution >= 0.6 is 0 Å². The van der Waals surface area contributed by atoms with Gasteiger partial charge in [-0.1, -0.05) is 17.3 Å². The summed E-state index contributed by atoms with van der Waals surface area (Å²) in [5, 5.41) is 6.63. The van der Waals surface area contributed by atoms with Crippen molar-refractivity contribution in [2.24, 2.45) is 0 Å². The number of carbonyl (C=O) groups excluding carboxylic acids is 1. The molecule has 1 aliphatic heterocycles. The van der Waals surface area contributed by atoms with Gasteiger partial charge >= 0.3 is 0 Å². The highest BCUT2D eigenvalue weighted by Crippen LogP contribution is 2.29. The second-order valence-electron chi connectivity index (χ2n) is 5.57. The van der Waals surface area contributed by atoms with Crippen molar-refractivity contribution in [3.63, 3.8) is 0 Å². The van der Waals surface area contributed by atoms with E-state index in [1.165, 1.54) is 0 Å². The van der Waals surface area contributed by atoms with Crippen molar-refractivity contribution in [3.05, 3.63) is 36.0 Å². The summed E-state index contributed by atoms with van der Waals surface area (Å²) >= 11 is 0. The maximum Gasteiger partial charge on any atom is 0.292 e. The third kappa shape index (κ3) is 3.44. The van der Waals surface area contributed by atoms with Crippen molar-refractivity contribution in [3.8, 4) is 5.75 Å². The summed E-state index contributed by atoms with van der Waals surface area (Å²) in [4.78, 5) is 18.3. The molecule has 0 radical (unpaired) electrons. The molecule has 1 aromatic carbocycles. The van der Waals surface area contributed by atoms with Crippen LogP contribution in [-0.2, 0) is 0 Å². The average molecular weight is 316 g/mol. The number of para-hydroxylation sites is 2. The van der Waals surface area contributed by atoms with E-state index in [4.69, 9.17) is 9.26 Å². The number of benzene rings is 1. The number of hydrogen-bond donors (Lipinski definition) is 1. The molecule has 1 saturated heterocycles. The number of amides is 1. The zero-order valence-electron chi connectivity index (χ0n) is 13.3. The van der Waals surface area contributed by atoms with Crippen molar-refractivity contribution in [1.29, 1.82) is 0 Å². The lowest BCUT2D eigenvalue weighted by Crippen LogP contribution is -2.48. The van der Waals surface area contributed by atoms with Gasteiger partial charge in [-0.2, -0.15) is 4.98 Å². The van der Waals surface area contributed by atoms with Gasteiger partial charge in [0.15, 0.2) is 0 Å². The predicted molar refractivity (Wildman–Crippen MR) is 84.7 cm³/mol. The molecule has 1 atom stereocenters. The van der Waals surface area contributed by atoms with Gasteiger partial charge in [0.05, 0.1) is 12.8 Å².